The van der Waals surface area contributed by atoms with Gasteiger partial charge in [-0.1, -0.05) is 273 Å². The van der Waals surface area contributed by atoms with Gasteiger partial charge in [0.25, 0.3) is 0 Å². The number of benzene rings is 18. The molecule has 0 saturated carbocycles. The van der Waals surface area contributed by atoms with Crippen molar-refractivity contribution >= 4 is 131 Å². The van der Waals surface area contributed by atoms with Crippen LogP contribution in [-0.4, -0.2) is 27.4 Å². The van der Waals surface area contributed by atoms with E-state index < -0.39 is 0 Å². The van der Waals surface area contributed by atoms with Crippen molar-refractivity contribution in [3.63, 3.8) is 0 Å². The quantitative estimate of drug-likeness (QED) is 0.131. The first-order valence-electron chi connectivity index (χ1n) is 39.2. The maximum atomic E-state index is 2.45. The summed E-state index contributed by atoms with van der Waals surface area (Å²) in [6.07, 6.45) is 0. The van der Waals surface area contributed by atoms with Crippen molar-refractivity contribution in [1.29, 1.82) is 0 Å². The predicted molar refractivity (Wildman–Crippen MR) is 481 cm³/mol. The van der Waals surface area contributed by atoms with Crippen molar-refractivity contribution in [1.82, 2.24) is 27.4 Å². The van der Waals surface area contributed by atoms with Gasteiger partial charge in [0.1, 0.15) is 0 Å². The van der Waals surface area contributed by atoms with Gasteiger partial charge in [0.15, 0.2) is 0 Å². The minimum atomic E-state index is 1.15. The molecule has 0 atom stereocenters. The normalized spacial score (nSPS) is 11.9. The summed E-state index contributed by atoms with van der Waals surface area (Å²) in [6, 6.07) is 155. The number of hydrogen-bond acceptors (Lipinski definition) is 0. The van der Waals surface area contributed by atoms with Gasteiger partial charge < -0.3 is 27.4 Å². The van der Waals surface area contributed by atoms with Crippen molar-refractivity contribution in [2.45, 2.75) is 0 Å². The molecule has 0 fully saturated rings. The lowest BCUT2D eigenvalue weighted by Crippen LogP contribution is -1.95. The first-order valence-corrected chi connectivity index (χ1v) is 39.2. The summed E-state index contributed by atoms with van der Waals surface area (Å²) in [6.45, 7) is 0. The highest BCUT2D eigenvalue weighted by Crippen LogP contribution is 2.47. The number of para-hydroxylation sites is 10. The van der Waals surface area contributed by atoms with Crippen molar-refractivity contribution in [2.24, 2.45) is 0 Å². The largest absolute Gasteiger partial charge is 0.309 e. The summed E-state index contributed by atoms with van der Waals surface area (Å²) in [4.78, 5) is 0. The molecule has 0 aliphatic rings. The van der Waals surface area contributed by atoms with Gasteiger partial charge in [0.2, 0.25) is 0 Å². The summed E-state index contributed by atoms with van der Waals surface area (Å²) in [5.41, 5.74) is 31.0. The monoisotopic (exact) mass is 1450 g/mol. The lowest BCUT2D eigenvalue weighted by atomic mass is 9.97. The van der Waals surface area contributed by atoms with Crippen LogP contribution in [0, 0.1) is 0 Å². The number of hydrogen-bond donors (Lipinski definition) is 0. The molecule has 0 unspecified atom stereocenters. The summed E-state index contributed by atoms with van der Waals surface area (Å²) < 4.78 is 14.6. The third-order valence-electron chi connectivity index (χ3n) is 23.6. The van der Waals surface area contributed by atoms with E-state index in [0.29, 0.717) is 0 Å². The molecule has 24 rings (SSSR count). The molecule has 0 amide bonds. The molecule has 0 aliphatic carbocycles. The maximum absolute atomic E-state index is 2.45. The summed E-state index contributed by atoms with van der Waals surface area (Å²) in [5.74, 6) is 0. The molecule has 0 saturated heterocycles. The molecule has 532 valence electrons. The van der Waals surface area contributed by atoms with Gasteiger partial charge in [0, 0.05) is 98.8 Å². The summed E-state index contributed by atoms with van der Waals surface area (Å²) >= 11 is 0. The van der Waals surface area contributed by atoms with Crippen LogP contribution in [0.5, 0.6) is 0 Å². The zero-order valence-electron chi connectivity index (χ0n) is 62.1. The Morgan fingerprint density at radius 1 is 0.114 bits per heavy atom. The van der Waals surface area contributed by atoms with Crippen molar-refractivity contribution in [3.8, 4) is 78.6 Å². The number of aromatic nitrogens is 6. The van der Waals surface area contributed by atoms with Crippen LogP contribution in [0.4, 0.5) is 0 Å². The Kier molecular flexibility index (Phi) is 14.9. The van der Waals surface area contributed by atoms with Gasteiger partial charge in [-0.3, -0.25) is 0 Å². The molecular weight excluding hydrogens is 1380 g/mol. The second-order valence-electron chi connectivity index (χ2n) is 29.9. The molecule has 6 heteroatoms. The van der Waals surface area contributed by atoms with Crippen LogP contribution in [0.1, 0.15) is 0 Å². The number of fused-ring (bicyclic) bond motifs is 20. The zero-order chi connectivity index (χ0) is 74.9. The lowest BCUT2D eigenvalue weighted by Gasteiger charge is -2.11. The van der Waals surface area contributed by atoms with E-state index in [0.717, 1.165) is 28.4 Å². The molecule has 0 radical (unpaired) electrons. The molecule has 0 bridgehead atoms. The Balaban J connectivity index is 0.000000135. The Bertz CT molecular complexity index is 7930. The van der Waals surface area contributed by atoms with Crippen LogP contribution in [-0.2, 0) is 0 Å². The average Bonchev–Trinajstić information content (AvgIpc) is 1.55. The Labute approximate surface area is 657 Å². The fraction of sp³-hybridized carbons (Fsp3) is 0. The molecule has 6 nitrogen and oxygen atoms in total. The fourth-order valence-electron chi connectivity index (χ4n) is 18.6. The molecule has 6 heterocycles. The molecule has 6 aromatic heterocycles. The van der Waals surface area contributed by atoms with Crippen molar-refractivity contribution in [2.75, 3.05) is 0 Å². The van der Waals surface area contributed by atoms with E-state index in [1.54, 1.807) is 0 Å². The highest BCUT2D eigenvalue weighted by atomic mass is 15.0. The minimum Gasteiger partial charge on any atom is -0.309 e. The standard InChI is InChI=1S/2C54H35N3/c1-4-17-40(18-5-1)55-48-25-12-11-24-44(48)47-34-38(28-31-50(47)55)36-15-14-16-37(33-36)39-27-29-46-52(35-39)56(41-19-6-2-7-20-41)51-32-30-45-43-23-10-13-26-49(43)57(54(45)53(46)51)42-21-8-3-9-22-42;1-4-17-40(18-5-1)55-48-25-12-10-23-43(48)45-29-27-38(34-51(45)55)36-15-14-16-37(33-36)39-28-30-47-52(35-39)56(41-19-6-2-7-20-41)50-32-31-46-44-24-11-13-26-49(44)57(54(46)53(47)50)42-21-8-3-9-22-42/h2*1-35H. The summed E-state index contributed by atoms with van der Waals surface area (Å²) in [7, 11) is 0. The smallest absolute Gasteiger partial charge is 0.0641 e. The van der Waals surface area contributed by atoms with E-state index in [4.69, 9.17) is 0 Å². The Morgan fingerprint density at radius 2 is 0.342 bits per heavy atom. The fourth-order valence-corrected chi connectivity index (χ4v) is 18.6. The highest BCUT2D eigenvalue weighted by molar-refractivity contribution is 6.28. The average molecular weight is 1450 g/mol. The third-order valence-corrected chi connectivity index (χ3v) is 23.6. The van der Waals surface area contributed by atoms with E-state index in [1.807, 2.05) is 0 Å². The van der Waals surface area contributed by atoms with E-state index in [9.17, 15) is 0 Å². The molecular formula is C108H70N6. The predicted octanol–water partition coefficient (Wildman–Crippen LogP) is 28.6. The second-order valence-corrected chi connectivity index (χ2v) is 29.9. The summed E-state index contributed by atoms with van der Waals surface area (Å²) in [5, 5.41) is 15.1. The third kappa shape index (κ3) is 10.2. The number of rotatable bonds is 10. The topological polar surface area (TPSA) is 29.6 Å². The van der Waals surface area contributed by atoms with Gasteiger partial charge >= 0.3 is 0 Å². The van der Waals surface area contributed by atoms with Crippen LogP contribution < -0.4 is 0 Å². The molecule has 24 aromatic rings. The van der Waals surface area contributed by atoms with Crippen LogP contribution >= 0.6 is 0 Å². The van der Waals surface area contributed by atoms with E-state index in [1.165, 1.54) is 181 Å². The van der Waals surface area contributed by atoms with Crippen LogP contribution in [0.2, 0.25) is 0 Å². The second kappa shape index (κ2) is 26.2. The van der Waals surface area contributed by atoms with Crippen LogP contribution in [0.3, 0.4) is 0 Å². The van der Waals surface area contributed by atoms with Gasteiger partial charge in [-0.2, -0.15) is 0 Å². The lowest BCUT2D eigenvalue weighted by molar-refractivity contribution is 1.17. The van der Waals surface area contributed by atoms with Gasteiger partial charge in [0.05, 0.1) is 66.2 Å². The van der Waals surface area contributed by atoms with Crippen LogP contribution in [0.25, 0.3) is 209 Å². The number of nitrogens with zero attached hydrogens (tertiary/aromatic N) is 6. The van der Waals surface area contributed by atoms with Crippen LogP contribution in [0.15, 0.2) is 425 Å². The van der Waals surface area contributed by atoms with E-state index >= 15 is 0 Å². The van der Waals surface area contributed by atoms with E-state index in [2.05, 4.69) is 452 Å². The van der Waals surface area contributed by atoms with E-state index in [-0.39, 0.29) is 0 Å². The van der Waals surface area contributed by atoms with Gasteiger partial charge in [-0.15, -0.1) is 0 Å². The van der Waals surface area contributed by atoms with Gasteiger partial charge in [-0.05, 0) is 196 Å². The Morgan fingerprint density at radius 3 is 0.719 bits per heavy atom. The zero-order valence-corrected chi connectivity index (χ0v) is 62.1. The molecule has 0 aliphatic heterocycles. The first-order chi connectivity index (χ1) is 56.6. The Hall–Kier alpha value is -15.2. The maximum Gasteiger partial charge on any atom is 0.0641 e. The molecule has 18 aromatic carbocycles. The molecule has 0 spiro atoms. The van der Waals surface area contributed by atoms with Gasteiger partial charge in [-0.25, -0.2) is 0 Å². The minimum absolute atomic E-state index is 1.15. The molecule has 0 N–H and O–H groups in total. The highest BCUT2D eigenvalue weighted by Gasteiger charge is 2.25. The SMILES string of the molecule is c1ccc(-n2c3ccccc3c3cc(-c4cccc(-c5ccc6c7c(ccc8c9ccccc9n(-c9ccccc9)c87)n(-c7ccccc7)c6c5)c4)ccc32)cc1.c1ccc(-n2c3ccccc3c3ccc(-c4cccc(-c5ccc6c7c(ccc8c9ccccc9n(-c9ccccc9)c87)n(-c7ccccc7)c6c5)c4)cc32)cc1. The molecule has 114 heavy (non-hydrogen) atoms. The van der Waals surface area contributed by atoms with Crippen molar-refractivity contribution in [3.05, 3.63) is 425 Å². The van der Waals surface area contributed by atoms with Crippen molar-refractivity contribution < 1.29 is 0 Å². The first kappa shape index (κ1) is 64.7.